The number of hydrogen-bond donors (Lipinski definition) is 2. The molecule has 3 rings (SSSR count). The number of carbonyl (C=O) groups excluding carboxylic acids is 1. The molecule has 2 N–H and O–H groups in total. The fourth-order valence-corrected chi connectivity index (χ4v) is 4.43. The van der Waals surface area contributed by atoms with Crippen molar-refractivity contribution in [3.63, 3.8) is 0 Å². The predicted octanol–water partition coefficient (Wildman–Crippen LogP) is 4.20. The summed E-state index contributed by atoms with van der Waals surface area (Å²) in [6.07, 6.45) is 0. The summed E-state index contributed by atoms with van der Waals surface area (Å²) < 4.78 is 29.3. The number of sulfonamides is 1. The summed E-state index contributed by atoms with van der Waals surface area (Å²) in [6.45, 7) is 5.51. The van der Waals surface area contributed by atoms with Gasteiger partial charge in [-0.3, -0.25) is 4.79 Å². The van der Waals surface area contributed by atoms with Gasteiger partial charge >= 0.3 is 0 Å². The van der Waals surface area contributed by atoms with Crippen LogP contribution in [0.2, 0.25) is 0 Å². The van der Waals surface area contributed by atoms with E-state index in [1.54, 1.807) is 13.0 Å². The van der Waals surface area contributed by atoms with Crippen LogP contribution in [0.25, 0.3) is 0 Å². The number of nitrogens with one attached hydrogen (secondary N) is 2. The van der Waals surface area contributed by atoms with Crippen LogP contribution >= 0.6 is 0 Å². The molecule has 0 saturated heterocycles. The van der Waals surface area contributed by atoms with Gasteiger partial charge in [0.1, 0.15) is 0 Å². The van der Waals surface area contributed by atoms with Crippen molar-refractivity contribution in [1.29, 1.82) is 0 Å². The van der Waals surface area contributed by atoms with E-state index in [0.29, 0.717) is 5.56 Å². The SMILES string of the molecule is Cc1ccc(S(=O)(=O)NC(c2ccccc2)c2ccccc2)cc1C(=O)NC(C)C. The first kappa shape index (κ1) is 21.7. The van der Waals surface area contributed by atoms with Gasteiger partial charge in [0.05, 0.1) is 10.9 Å². The maximum absolute atomic E-state index is 13.3. The van der Waals surface area contributed by atoms with E-state index < -0.39 is 16.1 Å². The lowest BCUT2D eigenvalue weighted by molar-refractivity contribution is 0.0942. The number of amides is 1. The topological polar surface area (TPSA) is 75.3 Å². The van der Waals surface area contributed by atoms with Gasteiger partial charge in [0.25, 0.3) is 5.91 Å². The molecular formula is C24H26N2O3S. The monoisotopic (exact) mass is 422 g/mol. The van der Waals surface area contributed by atoms with Gasteiger partial charge in [-0.1, -0.05) is 66.7 Å². The van der Waals surface area contributed by atoms with Crippen LogP contribution in [-0.2, 0) is 10.0 Å². The van der Waals surface area contributed by atoms with Gasteiger partial charge in [0, 0.05) is 11.6 Å². The van der Waals surface area contributed by atoms with E-state index in [9.17, 15) is 13.2 Å². The molecule has 0 radical (unpaired) electrons. The minimum Gasteiger partial charge on any atom is -0.350 e. The second-order valence-corrected chi connectivity index (χ2v) is 9.19. The molecule has 0 bridgehead atoms. The summed E-state index contributed by atoms with van der Waals surface area (Å²) in [4.78, 5) is 12.5. The Morgan fingerprint density at radius 2 is 1.37 bits per heavy atom. The minimum absolute atomic E-state index is 0.0455. The Labute approximate surface area is 178 Å². The summed E-state index contributed by atoms with van der Waals surface area (Å²) in [5.74, 6) is -0.290. The average molecular weight is 423 g/mol. The lowest BCUT2D eigenvalue weighted by atomic mass is 10.00. The lowest BCUT2D eigenvalue weighted by Crippen LogP contribution is -2.32. The molecule has 5 nitrogen and oxygen atoms in total. The number of hydrogen-bond acceptors (Lipinski definition) is 3. The number of rotatable bonds is 7. The van der Waals surface area contributed by atoms with Crippen LogP contribution in [-0.4, -0.2) is 20.4 Å². The molecule has 0 aromatic heterocycles. The smallest absolute Gasteiger partial charge is 0.251 e. The van der Waals surface area contributed by atoms with Gasteiger partial charge < -0.3 is 5.32 Å². The highest BCUT2D eigenvalue weighted by Gasteiger charge is 2.24. The maximum Gasteiger partial charge on any atom is 0.251 e. The van der Waals surface area contributed by atoms with Crippen LogP contribution in [0, 0.1) is 6.92 Å². The molecule has 0 heterocycles. The summed E-state index contributed by atoms with van der Waals surface area (Å²) >= 11 is 0. The zero-order valence-electron chi connectivity index (χ0n) is 17.3. The molecule has 156 valence electrons. The average Bonchev–Trinajstić information content (AvgIpc) is 2.73. The Kier molecular flexibility index (Phi) is 6.70. The molecule has 0 aliphatic heterocycles. The third-order valence-electron chi connectivity index (χ3n) is 4.72. The Hall–Kier alpha value is -2.96. The van der Waals surface area contributed by atoms with Crippen LogP contribution in [0.1, 0.15) is 46.9 Å². The highest BCUT2D eigenvalue weighted by Crippen LogP contribution is 2.25. The largest absolute Gasteiger partial charge is 0.350 e. The molecular weight excluding hydrogens is 396 g/mol. The van der Waals surface area contributed by atoms with E-state index in [1.807, 2.05) is 74.5 Å². The first-order chi connectivity index (χ1) is 14.3. The van der Waals surface area contributed by atoms with Gasteiger partial charge in [-0.2, -0.15) is 4.72 Å². The zero-order valence-corrected chi connectivity index (χ0v) is 18.1. The summed E-state index contributed by atoms with van der Waals surface area (Å²) in [6, 6.07) is 22.8. The van der Waals surface area contributed by atoms with Crippen molar-refractivity contribution < 1.29 is 13.2 Å². The molecule has 1 amide bonds. The molecule has 0 saturated carbocycles. The lowest BCUT2D eigenvalue weighted by Gasteiger charge is -2.20. The van der Waals surface area contributed by atoms with Crippen molar-refractivity contribution in [2.24, 2.45) is 0 Å². The fraction of sp³-hybridized carbons (Fsp3) is 0.208. The molecule has 3 aromatic carbocycles. The summed E-state index contributed by atoms with van der Waals surface area (Å²) in [7, 11) is -3.89. The summed E-state index contributed by atoms with van der Waals surface area (Å²) in [5.41, 5.74) is 2.73. The van der Waals surface area contributed by atoms with Gasteiger partial charge in [-0.05, 0) is 49.6 Å². The fourth-order valence-electron chi connectivity index (χ4n) is 3.20. The van der Waals surface area contributed by atoms with Crippen LogP contribution in [0.3, 0.4) is 0 Å². The van der Waals surface area contributed by atoms with Crippen molar-refractivity contribution in [2.45, 2.75) is 37.8 Å². The second-order valence-electron chi connectivity index (χ2n) is 7.48. The van der Waals surface area contributed by atoms with Crippen molar-refractivity contribution in [3.05, 3.63) is 101 Å². The molecule has 0 aliphatic rings. The van der Waals surface area contributed by atoms with E-state index in [-0.39, 0.29) is 16.8 Å². The molecule has 0 atom stereocenters. The highest BCUT2D eigenvalue weighted by molar-refractivity contribution is 7.89. The normalized spacial score (nSPS) is 11.6. The predicted molar refractivity (Wildman–Crippen MR) is 119 cm³/mol. The number of carbonyl (C=O) groups is 1. The molecule has 6 heteroatoms. The van der Waals surface area contributed by atoms with Crippen LogP contribution in [0.4, 0.5) is 0 Å². The van der Waals surface area contributed by atoms with Gasteiger partial charge in [-0.25, -0.2) is 8.42 Å². The summed E-state index contributed by atoms with van der Waals surface area (Å²) in [5, 5.41) is 2.82. The molecule has 0 spiro atoms. The van der Waals surface area contributed by atoms with E-state index in [0.717, 1.165) is 16.7 Å². The van der Waals surface area contributed by atoms with E-state index >= 15 is 0 Å². The number of aryl methyl sites for hydroxylation is 1. The van der Waals surface area contributed by atoms with E-state index in [2.05, 4.69) is 10.0 Å². The first-order valence-corrected chi connectivity index (χ1v) is 11.3. The maximum atomic E-state index is 13.3. The van der Waals surface area contributed by atoms with E-state index in [4.69, 9.17) is 0 Å². The van der Waals surface area contributed by atoms with E-state index in [1.165, 1.54) is 12.1 Å². The molecule has 30 heavy (non-hydrogen) atoms. The Balaban J connectivity index is 1.99. The standard InChI is InChI=1S/C24H26N2O3S/c1-17(2)25-24(27)22-16-21(15-14-18(22)3)30(28,29)26-23(19-10-6-4-7-11-19)20-12-8-5-9-13-20/h4-17,23,26H,1-3H3,(H,25,27). The van der Waals surface area contributed by atoms with Gasteiger partial charge in [0.2, 0.25) is 10.0 Å². The Bertz CT molecular complexity index is 1070. The van der Waals surface area contributed by atoms with Crippen molar-refractivity contribution in [2.75, 3.05) is 0 Å². The van der Waals surface area contributed by atoms with Gasteiger partial charge in [-0.15, -0.1) is 0 Å². The quantitative estimate of drug-likeness (QED) is 0.599. The third kappa shape index (κ3) is 5.14. The highest BCUT2D eigenvalue weighted by atomic mass is 32.2. The molecule has 0 unspecified atom stereocenters. The Morgan fingerprint density at radius 1 is 0.833 bits per heavy atom. The third-order valence-corrected chi connectivity index (χ3v) is 6.14. The molecule has 0 aliphatic carbocycles. The Morgan fingerprint density at radius 3 is 1.87 bits per heavy atom. The van der Waals surface area contributed by atoms with Crippen molar-refractivity contribution >= 4 is 15.9 Å². The first-order valence-electron chi connectivity index (χ1n) is 9.81. The second kappa shape index (κ2) is 9.24. The minimum atomic E-state index is -3.89. The van der Waals surface area contributed by atoms with Crippen molar-refractivity contribution in [3.8, 4) is 0 Å². The van der Waals surface area contributed by atoms with Crippen molar-refractivity contribution in [1.82, 2.24) is 10.0 Å². The van der Waals surface area contributed by atoms with Crippen LogP contribution < -0.4 is 10.0 Å². The van der Waals surface area contributed by atoms with Crippen LogP contribution in [0.5, 0.6) is 0 Å². The van der Waals surface area contributed by atoms with Crippen LogP contribution in [0.15, 0.2) is 83.8 Å². The molecule has 0 fully saturated rings. The molecule has 3 aromatic rings. The van der Waals surface area contributed by atoms with Gasteiger partial charge in [0.15, 0.2) is 0 Å². The zero-order chi connectivity index (χ0) is 21.7. The number of benzene rings is 3.